The fourth-order valence-electron chi connectivity index (χ4n) is 3.93. The number of rotatable bonds is 3. The van der Waals surface area contributed by atoms with Gasteiger partial charge in [0.15, 0.2) is 0 Å². The summed E-state index contributed by atoms with van der Waals surface area (Å²) < 4.78 is 27.8. The van der Waals surface area contributed by atoms with Crippen LogP contribution < -0.4 is 5.32 Å². The highest BCUT2D eigenvalue weighted by Crippen LogP contribution is 2.38. The molecule has 23 heavy (non-hydrogen) atoms. The molecule has 1 N–H and O–H groups in total. The van der Waals surface area contributed by atoms with Crippen LogP contribution in [0.1, 0.15) is 45.4 Å². The normalized spacial score (nSPS) is 25.6. The molecular weight excluding hydrogens is 312 g/mol. The molecule has 126 valence electrons. The van der Waals surface area contributed by atoms with Crippen molar-refractivity contribution in [2.24, 2.45) is 5.92 Å². The van der Waals surface area contributed by atoms with E-state index in [0.29, 0.717) is 23.0 Å². The van der Waals surface area contributed by atoms with Crippen LogP contribution in [0, 0.1) is 5.92 Å². The molecule has 6 heteroatoms. The van der Waals surface area contributed by atoms with Crippen molar-refractivity contribution >= 4 is 21.6 Å². The Kier molecular flexibility index (Phi) is 4.73. The van der Waals surface area contributed by atoms with Gasteiger partial charge in [0.05, 0.1) is 4.90 Å². The van der Waals surface area contributed by atoms with Crippen LogP contribution in [0.5, 0.6) is 0 Å². The number of piperidine rings is 1. The van der Waals surface area contributed by atoms with E-state index in [1.54, 1.807) is 28.6 Å². The summed E-state index contributed by atoms with van der Waals surface area (Å²) in [4.78, 5) is 11.4. The third-order valence-electron chi connectivity index (χ3n) is 4.97. The topological polar surface area (TPSA) is 66.5 Å². The third-order valence-corrected chi connectivity index (χ3v) is 6.91. The van der Waals surface area contributed by atoms with Gasteiger partial charge in [0.1, 0.15) is 0 Å². The number of fused-ring (bicyclic) bond motifs is 1. The second-order valence-electron chi connectivity index (χ2n) is 6.58. The molecule has 0 unspecified atom stereocenters. The summed E-state index contributed by atoms with van der Waals surface area (Å²) in [5, 5.41) is 2.66. The molecule has 2 fully saturated rings. The summed E-state index contributed by atoms with van der Waals surface area (Å²) in [5.41, 5.74) is 0.616. The van der Waals surface area contributed by atoms with Crippen LogP contribution >= 0.6 is 0 Å². The van der Waals surface area contributed by atoms with Crippen molar-refractivity contribution in [3.63, 3.8) is 0 Å². The summed E-state index contributed by atoms with van der Waals surface area (Å²) in [6, 6.07) is 6.64. The maximum Gasteiger partial charge on any atom is 0.243 e. The van der Waals surface area contributed by atoms with Gasteiger partial charge in [-0.2, -0.15) is 4.31 Å². The van der Waals surface area contributed by atoms with Gasteiger partial charge in [-0.15, -0.1) is 0 Å². The summed E-state index contributed by atoms with van der Waals surface area (Å²) in [6.45, 7) is 2.05. The number of nitrogens with zero attached hydrogens (tertiary/aromatic N) is 1. The SMILES string of the molecule is CC(=O)Nc1ccc(S(=O)(=O)N2CCC[C@@H]3CCCC[C@H]32)cc1. The van der Waals surface area contributed by atoms with Crippen LogP contribution in [0.15, 0.2) is 29.2 Å². The van der Waals surface area contributed by atoms with Crippen molar-refractivity contribution < 1.29 is 13.2 Å². The first-order valence-corrected chi connectivity index (χ1v) is 9.82. The monoisotopic (exact) mass is 336 g/mol. The minimum Gasteiger partial charge on any atom is -0.326 e. The first-order valence-electron chi connectivity index (χ1n) is 8.38. The predicted molar refractivity (Wildman–Crippen MR) is 89.6 cm³/mol. The molecule has 0 spiro atoms. The minimum absolute atomic E-state index is 0.164. The van der Waals surface area contributed by atoms with Gasteiger partial charge >= 0.3 is 0 Å². The second kappa shape index (κ2) is 6.61. The Hall–Kier alpha value is -1.40. The molecule has 2 aliphatic rings. The first kappa shape index (κ1) is 16.5. The van der Waals surface area contributed by atoms with E-state index in [9.17, 15) is 13.2 Å². The maximum atomic E-state index is 13.0. The number of anilines is 1. The number of carbonyl (C=O) groups is 1. The van der Waals surface area contributed by atoms with E-state index in [4.69, 9.17) is 0 Å². The Labute approximate surface area is 138 Å². The highest BCUT2D eigenvalue weighted by molar-refractivity contribution is 7.89. The number of hydrogen-bond acceptors (Lipinski definition) is 3. The molecule has 1 aromatic rings. The lowest BCUT2D eigenvalue weighted by atomic mass is 9.79. The fraction of sp³-hybridized carbons (Fsp3) is 0.588. The van der Waals surface area contributed by atoms with E-state index in [1.165, 1.54) is 13.3 Å². The van der Waals surface area contributed by atoms with E-state index >= 15 is 0 Å². The number of amides is 1. The summed E-state index contributed by atoms with van der Waals surface area (Å²) in [7, 11) is -3.46. The average molecular weight is 336 g/mol. The Balaban J connectivity index is 1.83. The summed E-state index contributed by atoms with van der Waals surface area (Å²) in [5.74, 6) is 0.354. The largest absolute Gasteiger partial charge is 0.326 e. The van der Waals surface area contributed by atoms with Crippen LogP contribution in [0.4, 0.5) is 5.69 Å². The Morgan fingerprint density at radius 2 is 1.74 bits per heavy atom. The van der Waals surface area contributed by atoms with Gasteiger partial charge in [-0.25, -0.2) is 8.42 Å². The zero-order chi connectivity index (χ0) is 16.4. The minimum atomic E-state index is -3.46. The zero-order valence-corrected chi connectivity index (χ0v) is 14.3. The third kappa shape index (κ3) is 3.43. The Bertz CT molecular complexity index is 668. The quantitative estimate of drug-likeness (QED) is 0.923. The van der Waals surface area contributed by atoms with E-state index < -0.39 is 10.0 Å². The predicted octanol–water partition coefficient (Wildman–Crippen LogP) is 2.99. The van der Waals surface area contributed by atoms with Gasteiger partial charge in [-0.1, -0.05) is 12.8 Å². The van der Waals surface area contributed by atoms with Crippen LogP contribution in [-0.4, -0.2) is 31.2 Å². The molecule has 1 heterocycles. The van der Waals surface area contributed by atoms with Gasteiger partial charge in [0, 0.05) is 25.2 Å². The first-order chi connectivity index (χ1) is 11.0. The molecule has 1 saturated heterocycles. The van der Waals surface area contributed by atoms with Crippen molar-refractivity contribution in [3.05, 3.63) is 24.3 Å². The van der Waals surface area contributed by atoms with Crippen LogP contribution in [0.2, 0.25) is 0 Å². The average Bonchev–Trinajstić information content (AvgIpc) is 2.54. The lowest BCUT2D eigenvalue weighted by molar-refractivity contribution is -0.114. The van der Waals surface area contributed by atoms with Gasteiger partial charge in [0.25, 0.3) is 0 Å². The molecule has 1 amide bonds. The van der Waals surface area contributed by atoms with Gasteiger partial charge in [0.2, 0.25) is 15.9 Å². The molecule has 1 aromatic carbocycles. The second-order valence-corrected chi connectivity index (χ2v) is 8.47. The Morgan fingerprint density at radius 3 is 2.43 bits per heavy atom. The van der Waals surface area contributed by atoms with Crippen LogP contribution in [0.3, 0.4) is 0 Å². The van der Waals surface area contributed by atoms with Crippen molar-refractivity contribution in [3.8, 4) is 0 Å². The molecule has 0 bridgehead atoms. The number of benzene rings is 1. The highest BCUT2D eigenvalue weighted by atomic mass is 32.2. The molecule has 3 rings (SSSR count). The Morgan fingerprint density at radius 1 is 1.09 bits per heavy atom. The van der Waals surface area contributed by atoms with Gasteiger partial charge in [-0.05, 0) is 55.9 Å². The summed E-state index contributed by atoms with van der Waals surface area (Å²) >= 11 is 0. The molecular formula is C17H24N2O3S. The molecule has 1 saturated carbocycles. The van der Waals surface area contributed by atoms with Gasteiger partial charge in [-0.3, -0.25) is 4.79 Å². The van der Waals surface area contributed by atoms with E-state index in [0.717, 1.165) is 32.1 Å². The maximum absolute atomic E-state index is 13.0. The number of carbonyl (C=O) groups excluding carboxylic acids is 1. The van der Waals surface area contributed by atoms with Gasteiger partial charge < -0.3 is 5.32 Å². The van der Waals surface area contributed by atoms with Crippen molar-refractivity contribution in [2.45, 2.75) is 56.4 Å². The smallest absolute Gasteiger partial charge is 0.243 e. The van der Waals surface area contributed by atoms with E-state index in [-0.39, 0.29) is 11.9 Å². The molecule has 1 aliphatic heterocycles. The fourth-order valence-corrected chi connectivity index (χ4v) is 5.68. The molecule has 1 aliphatic carbocycles. The molecule has 0 radical (unpaired) electrons. The standard InChI is InChI=1S/C17H24N2O3S/c1-13(20)18-15-8-10-16(11-9-15)23(21,22)19-12-4-6-14-5-2-3-7-17(14)19/h8-11,14,17H,2-7,12H2,1H3,(H,18,20)/t14-,17+/m0/s1. The zero-order valence-electron chi connectivity index (χ0n) is 13.5. The van der Waals surface area contributed by atoms with Crippen LogP contribution in [-0.2, 0) is 14.8 Å². The van der Waals surface area contributed by atoms with Crippen LogP contribution in [0.25, 0.3) is 0 Å². The lowest BCUT2D eigenvalue weighted by Crippen LogP contribution is -2.49. The number of nitrogens with one attached hydrogen (secondary N) is 1. The molecule has 0 aromatic heterocycles. The number of hydrogen-bond donors (Lipinski definition) is 1. The van der Waals surface area contributed by atoms with E-state index in [2.05, 4.69) is 5.32 Å². The summed E-state index contributed by atoms with van der Waals surface area (Å²) in [6.07, 6.45) is 6.57. The number of sulfonamides is 1. The van der Waals surface area contributed by atoms with E-state index in [1.807, 2.05) is 0 Å². The van der Waals surface area contributed by atoms with Crippen molar-refractivity contribution in [2.75, 3.05) is 11.9 Å². The molecule has 2 atom stereocenters. The lowest BCUT2D eigenvalue weighted by Gasteiger charge is -2.43. The highest BCUT2D eigenvalue weighted by Gasteiger charge is 2.39. The molecule has 5 nitrogen and oxygen atoms in total. The van der Waals surface area contributed by atoms with Crippen molar-refractivity contribution in [1.82, 2.24) is 4.31 Å². The van der Waals surface area contributed by atoms with Crippen molar-refractivity contribution in [1.29, 1.82) is 0 Å².